The van der Waals surface area contributed by atoms with Gasteiger partial charge in [-0.25, -0.2) is 4.79 Å². The van der Waals surface area contributed by atoms with Crippen molar-refractivity contribution in [2.24, 2.45) is 11.5 Å². The predicted octanol–water partition coefficient (Wildman–Crippen LogP) is -2.30. The maximum absolute atomic E-state index is 11.2. The van der Waals surface area contributed by atoms with E-state index in [-0.39, 0.29) is 5.75 Å². The van der Waals surface area contributed by atoms with Gasteiger partial charge in [0.05, 0.1) is 11.9 Å². The number of amides is 4. The molecule has 8 heteroatoms. The van der Waals surface area contributed by atoms with Crippen LogP contribution in [-0.2, 0) is 9.59 Å². The molecule has 1 aliphatic heterocycles. The predicted molar refractivity (Wildman–Crippen MR) is 50.1 cm³/mol. The van der Waals surface area contributed by atoms with E-state index in [0.29, 0.717) is 0 Å². The molecule has 0 aromatic heterocycles. The van der Waals surface area contributed by atoms with Gasteiger partial charge in [-0.3, -0.25) is 14.9 Å². The van der Waals surface area contributed by atoms with Gasteiger partial charge in [0.25, 0.3) is 0 Å². The third kappa shape index (κ3) is 2.60. The molecule has 0 aliphatic carbocycles. The highest BCUT2D eigenvalue weighted by Gasteiger charge is 2.33. The molecule has 7 nitrogen and oxygen atoms in total. The Labute approximate surface area is 83.9 Å². The summed E-state index contributed by atoms with van der Waals surface area (Å²) < 4.78 is 0. The fraction of sp³-hybridized carbons (Fsp3) is 0.500. The Kier molecular flexibility index (Phi) is 3.31. The third-order valence-corrected chi connectivity index (χ3v) is 2.84. The Morgan fingerprint density at radius 2 is 2.14 bits per heavy atom. The van der Waals surface area contributed by atoms with Crippen molar-refractivity contribution in [3.05, 3.63) is 0 Å². The van der Waals surface area contributed by atoms with Crippen molar-refractivity contribution < 1.29 is 14.4 Å². The van der Waals surface area contributed by atoms with Gasteiger partial charge in [0.15, 0.2) is 0 Å². The monoisotopic (exact) mass is 218 g/mol. The van der Waals surface area contributed by atoms with Crippen LogP contribution in [0.25, 0.3) is 0 Å². The van der Waals surface area contributed by atoms with E-state index in [9.17, 15) is 14.4 Å². The van der Waals surface area contributed by atoms with Gasteiger partial charge in [-0.15, -0.1) is 11.8 Å². The molecule has 2 atom stereocenters. The van der Waals surface area contributed by atoms with E-state index in [1.165, 1.54) is 0 Å². The Balaban J connectivity index is 2.54. The molecule has 14 heavy (non-hydrogen) atoms. The number of nitrogens with one attached hydrogen (secondary N) is 2. The van der Waals surface area contributed by atoms with E-state index in [1.54, 1.807) is 0 Å². The van der Waals surface area contributed by atoms with Crippen molar-refractivity contribution in [3.63, 3.8) is 0 Å². The maximum Gasteiger partial charge on any atom is 0.322 e. The minimum absolute atomic E-state index is 0.0122. The largest absolute Gasteiger partial charge is 0.369 e. The van der Waals surface area contributed by atoms with Gasteiger partial charge in [-0.2, -0.15) is 0 Å². The number of nitrogens with two attached hydrogens (primary N) is 2. The SMILES string of the molecule is NC(=O)CSC1C(=O)NC(=O)NC1N. The van der Waals surface area contributed by atoms with E-state index < -0.39 is 29.3 Å². The van der Waals surface area contributed by atoms with Crippen molar-refractivity contribution >= 4 is 29.6 Å². The zero-order chi connectivity index (χ0) is 10.7. The lowest BCUT2D eigenvalue weighted by Gasteiger charge is -2.27. The van der Waals surface area contributed by atoms with Crippen molar-refractivity contribution in [2.45, 2.75) is 11.4 Å². The molecule has 1 aliphatic rings. The van der Waals surface area contributed by atoms with E-state index in [1.807, 2.05) is 5.32 Å². The lowest BCUT2D eigenvalue weighted by molar-refractivity contribution is -0.120. The van der Waals surface area contributed by atoms with Crippen LogP contribution in [0.5, 0.6) is 0 Å². The number of urea groups is 1. The molecule has 6 N–H and O–H groups in total. The number of imide groups is 1. The lowest BCUT2D eigenvalue weighted by Crippen LogP contribution is -2.63. The number of rotatable bonds is 3. The van der Waals surface area contributed by atoms with E-state index in [4.69, 9.17) is 11.5 Å². The Hall–Kier alpha value is -1.28. The van der Waals surface area contributed by atoms with Crippen molar-refractivity contribution in [2.75, 3.05) is 5.75 Å². The van der Waals surface area contributed by atoms with Gasteiger partial charge in [0, 0.05) is 0 Å². The fourth-order valence-electron chi connectivity index (χ4n) is 0.961. The van der Waals surface area contributed by atoms with Crippen molar-refractivity contribution in [3.8, 4) is 0 Å². The highest BCUT2D eigenvalue weighted by Crippen LogP contribution is 2.14. The van der Waals surface area contributed by atoms with Gasteiger partial charge in [-0.1, -0.05) is 0 Å². The maximum atomic E-state index is 11.2. The Bertz CT molecular complexity index is 282. The summed E-state index contributed by atoms with van der Waals surface area (Å²) >= 11 is 0.997. The van der Waals surface area contributed by atoms with Crippen LogP contribution < -0.4 is 22.1 Å². The van der Waals surface area contributed by atoms with Crippen LogP contribution in [0.15, 0.2) is 0 Å². The van der Waals surface area contributed by atoms with Crippen LogP contribution in [0.2, 0.25) is 0 Å². The highest BCUT2D eigenvalue weighted by atomic mass is 32.2. The lowest BCUT2D eigenvalue weighted by atomic mass is 10.3. The van der Waals surface area contributed by atoms with E-state index >= 15 is 0 Å². The molecule has 2 unspecified atom stereocenters. The first-order valence-electron chi connectivity index (χ1n) is 3.77. The van der Waals surface area contributed by atoms with Crippen LogP contribution in [-0.4, -0.2) is 35.0 Å². The van der Waals surface area contributed by atoms with Crippen LogP contribution in [0, 0.1) is 0 Å². The second-order valence-electron chi connectivity index (χ2n) is 2.69. The molecular formula is C6H10N4O3S. The van der Waals surface area contributed by atoms with Crippen LogP contribution in [0.3, 0.4) is 0 Å². The molecule has 4 amide bonds. The molecule has 0 aromatic carbocycles. The molecule has 0 saturated carbocycles. The average Bonchev–Trinajstić information content (AvgIpc) is 2.01. The molecule has 0 spiro atoms. The van der Waals surface area contributed by atoms with Gasteiger partial charge in [0.2, 0.25) is 11.8 Å². The molecule has 0 radical (unpaired) electrons. The number of carbonyl (C=O) groups excluding carboxylic acids is 3. The second-order valence-corrected chi connectivity index (χ2v) is 3.82. The molecule has 1 heterocycles. The number of hydrogen-bond donors (Lipinski definition) is 4. The highest BCUT2D eigenvalue weighted by molar-refractivity contribution is 8.01. The van der Waals surface area contributed by atoms with Gasteiger partial charge in [-0.05, 0) is 0 Å². The zero-order valence-corrected chi connectivity index (χ0v) is 7.97. The average molecular weight is 218 g/mol. The van der Waals surface area contributed by atoms with Gasteiger partial charge >= 0.3 is 6.03 Å². The van der Waals surface area contributed by atoms with Crippen molar-refractivity contribution in [1.82, 2.24) is 10.6 Å². The normalized spacial score (nSPS) is 26.6. The minimum atomic E-state index is -0.791. The Morgan fingerprint density at radius 3 is 2.64 bits per heavy atom. The molecule has 1 fully saturated rings. The molecular weight excluding hydrogens is 208 g/mol. The molecule has 0 bridgehead atoms. The summed E-state index contributed by atoms with van der Waals surface area (Å²) in [6.45, 7) is 0. The van der Waals surface area contributed by atoms with Crippen LogP contribution in [0.4, 0.5) is 4.79 Å². The third-order valence-electron chi connectivity index (χ3n) is 1.52. The standard InChI is InChI=1S/C6H10N4O3S/c7-2(11)1-14-3-4(8)9-6(13)10-5(3)12/h3-4H,1,8H2,(H2,7,11)(H2,9,10,12,13). The summed E-state index contributed by atoms with van der Waals surface area (Å²) in [5, 5.41) is 3.68. The minimum Gasteiger partial charge on any atom is -0.369 e. The number of carbonyl (C=O) groups is 3. The van der Waals surface area contributed by atoms with Crippen LogP contribution in [0.1, 0.15) is 0 Å². The van der Waals surface area contributed by atoms with E-state index in [0.717, 1.165) is 11.8 Å². The number of primary amides is 1. The fourth-order valence-corrected chi connectivity index (χ4v) is 1.79. The summed E-state index contributed by atoms with van der Waals surface area (Å²) in [5.74, 6) is -1.05. The summed E-state index contributed by atoms with van der Waals surface area (Å²) in [6, 6.07) is -0.626. The number of hydrogen-bond acceptors (Lipinski definition) is 5. The summed E-state index contributed by atoms with van der Waals surface area (Å²) in [6.07, 6.45) is -0.791. The molecule has 78 valence electrons. The number of thioether (sulfide) groups is 1. The first kappa shape index (κ1) is 10.8. The summed E-state index contributed by atoms with van der Waals surface area (Å²) in [7, 11) is 0. The summed E-state index contributed by atoms with van der Waals surface area (Å²) in [4.78, 5) is 32.4. The Morgan fingerprint density at radius 1 is 1.50 bits per heavy atom. The smallest absolute Gasteiger partial charge is 0.322 e. The molecule has 1 rings (SSSR count). The van der Waals surface area contributed by atoms with Crippen molar-refractivity contribution in [1.29, 1.82) is 0 Å². The first-order valence-corrected chi connectivity index (χ1v) is 4.82. The first-order chi connectivity index (χ1) is 6.50. The van der Waals surface area contributed by atoms with Gasteiger partial charge < -0.3 is 16.8 Å². The summed E-state index contributed by atoms with van der Waals surface area (Å²) in [5.41, 5.74) is 10.4. The second kappa shape index (κ2) is 4.29. The van der Waals surface area contributed by atoms with E-state index in [2.05, 4.69) is 5.32 Å². The zero-order valence-electron chi connectivity index (χ0n) is 7.15. The molecule has 0 aromatic rings. The van der Waals surface area contributed by atoms with Gasteiger partial charge in [0.1, 0.15) is 5.25 Å². The van der Waals surface area contributed by atoms with Crippen LogP contribution >= 0.6 is 11.8 Å². The molecule has 1 saturated heterocycles. The topological polar surface area (TPSA) is 127 Å². The quantitative estimate of drug-likeness (QED) is 0.423.